The van der Waals surface area contributed by atoms with Gasteiger partial charge in [-0.2, -0.15) is 0 Å². The van der Waals surface area contributed by atoms with Gasteiger partial charge in [-0.25, -0.2) is 4.79 Å². The normalized spacial score (nSPS) is 26.5. The highest BCUT2D eigenvalue weighted by Gasteiger charge is 2.47. The lowest BCUT2D eigenvalue weighted by Crippen LogP contribution is -3.10. The minimum Gasteiger partial charge on any atom is -0.500 e. The van der Waals surface area contributed by atoms with Crippen molar-refractivity contribution in [2.24, 2.45) is 11.8 Å². The van der Waals surface area contributed by atoms with Crippen molar-refractivity contribution >= 4 is 28.4 Å². The number of piperidine rings is 1. The standard InChI is InChI=1S/C24H26N2O5/c1-29-21(27)8-7-14-10-26-11-15-12-31-13-18(24(28)30-2)17(15)9-20(26)23-22(14)16-5-3-4-6-19(16)25-23/h3-6,10,13,15,17,20,25H,7-9,11-12H2,1-2H3/p+1/t15-,17+,20?/m1/s1. The van der Waals surface area contributed by atoms with E-state index in [-0.39, 0.29) is 29.8 Å². The molecule has 0 amide bonds. The molecule has 31 heavy (non-hydrogen) atoms. The number of carbonyl (C=O) groups is 2. The van der Waals surface area contributed by atoms with Crippen molar-refractivity contribution in [3.63, 3.8) is 0 Å². The number of nitrogens with one attached hydrogen (secondary N) is 2. The minimum absolute atomic E-state index is 0.110. The van der Waals surface area contributed by atoms with Gasteiger partial charge in [-0.1, -0.05) is 18.2 Å². The fourth-order valence-electron chi connectivity index (χ4n) is 5.47. The summed E-state index contributed by atoms with van der Waals surface area (Å²) in [6.45, 7) is 1.46. The molecule has 3 aliphatic heterocycles. The molecule has 4 heterocycles. The van der Waals surface area contributed by atoms with Gasteiger partial charge in [-0.05, 0) is 12.5 Å². The number of carbonyl (C=O) groups excluding carboxylic acids is 2. The van der Waals surface area contributed by atoms with Gasteiger partial charge in [0.15, 0.2) is 0 Å². The molecule has 1 aromatic carbocycles. The van der Waals surface area contributed by atoms with Crippen molar-refractivity contribution in [2.75, 3.05) is 27.4 Å². The number of fused-ring (bicyclic) bond motifs is 6. The number of hydrogen-bond acceptors (Lipinski definition) is 5. The second-order valence-electron chi connectivity index (χ2n) is 8.54. The Morgan fingerprint density at radius 3 is 2.87 bits per heavy atom. The second-order valence-corrected chi connectivity index (χ2v) is 8.54. The molecule has 2 unspecified atom stereocenters. The molecular formula is C24H27N2O5+. The van der Waals surface area contributed by atoms with Crippen LogP contribution in [-0.2, 0) is 23.8 Å². The Kier molecular flexibility index (Phi) is 5.06. The van der Waals surface area contributed by atoms with E-state index in [2.05, 4.69) is 23.3 Å². The first-order chi connectivity index (χ1) is 15.1. The van der Waals surface area contributed by atoms with Crippen LogP contribution in [0.5, 0.6) is 0 Å². The maximum Gasteiger partial charge on any atom is 0.337 e. The SMILES string of the molecule is COC(=O)CCC1=C[NH+]2C[C@@H]3COC=C(C(=O)OC)[C@H]3CC2c2[nH]c3ccccc3c21. The average molecular weight is 423 g/mol. The highest BCUT2D eigenvalue weighted by atomic mass is 16.5. The van der Waals surface area contributed by atoms with E-state index in [0.29, 0.717) is 25.0 Å². The van der Waals surface area contributed by atoms with Gasteiger partial charge in [0.25, 0.3) is 0 Å². The molecule has 5 rings (SSSR count). The lowest BCUT2D eigenvalue weighted by Gasteiger charge is -2.43. The third kappa shape index (κ3) is 3.33. The number of hydrogen-bond donors (Lipinski definition) is 2. The Morgan fingerprint density at radius 2 is 2.06 bits per heavy atom. The largest absolute Gasteiger partial charge is 0.500 e. The summed E-state index contributed by atoms with van der Waals surface area (Å²) in [6.07, 6.45) is 5.69. The molecule has 162 valence electrons. The van der Waals surface area contributed by atoms with Crippen LogP contribution in [0.4, 0.5) is 0 Å². The van der Waals surface area contributed by atoms with E-state index in [1.165, 1.54) is 41.3 Å². The molecule has 7 nitrogen and oxygen atoms in total. The first kappa shape index (κ1) is 19.9. The predicted octanol–water partition coefficient (Wildman–Crippen LogP) is 2.12. The van der Waals surface area contributed by atoms with E-state index in [1.54, 1.807) is 6.26 Å². The van der Waals surface area contributed by atoms with Crippen LogP contribution < -0.4 is 4.90 Å². The summed E-state index contributed by atoms with van der Waals surface area (Å²) in [4.78, 5) is 29.2. The lowest BCUT2D eigenvalue weighted by molar-refractivity contribution is -0.893. The van der Waals surface area contributed by atoms with Crippen LogP contribution in [0.15, 0.2) is 42.3 Å². The maximum absolute atomic E-state index is 12.4. The van der Waals surface area contributed by atoms with E-state index < -0.39 is 0 Å². The monoisotopic (exact) mass is 423 g/mol. The molecule has 1 saturated heterocycles. The number of H-pyrrole nitrogens is 1. The summed E-state index contributed by atoms with van der Waals surface area (Å²) in [5.41, 5.74) is 5.28. The van der Waals surface area contributed by atoms with Gasteiger partial charge in [0.1, 0.15) is 6.04 Å². The Bertz CT molecular complexity index is 1100. The summed E-state index contributed by atoms with van der Waals surface area (Å²) < 4.78 is 15.5. The fourth-order valence-corrected chi connectivity index (χ4v) is 5.47. The van der Waals surface area contributed by atoms with Crippen molar-refractivity contribution < 1.29 is 28.7 Å². The predicted molar refractivity (Wildman–Crippen MR) is 114 cm³/mol. The summed E-state index contributed by atoms with van der Waals surface area (Å²) in [5.74, 6) is -0.152. The number of aromatic amines is 1. The molecular weight excluding hydrogens is 396 g/mol. The molecule has 2 N–H and O–H groups in total. The van der Waals surface area contributed by atoms with Crippen molar-refractivity contribution in [1.29, 1.82) is 0 Å². The molecule has 3 aliphatic rings. The molecule has 0 spiro atoms. The molecule has 7 heteroatoms. The Hall–Kier alpha value is -3.06. The van der Waals surface area contributed by atoms with Gasteiger partial charge in [-0.3, -0.25) is 4.79 Å². The number of rotatable bonds is 4. The molecule has 0 bridgehead atoms. The first-order valence-corrected chi connectivity index (χ1v) is 10.7. The highest BCUT2D eigenvalue weighted by molar-refractivity contribution is 5.95. The summed E-state index contributed by atoms with van der Waals surface area (Å²) in [7, 11) is 2.84. The first-order valence-electron chi connectivity index (χ1n) is 10.7. The lowest BCUT2D eigenvalue weighted by atomic mass is 9.74. The van der Waals surface area contributed by atoms with Gasteiger partial charge < -0.3 is 24.1 Å². The average Bonchev–Trinajstić information content (AvgIpc) is 3.20. The molecule has 4 atom stereocenters. The number of esters is 2. The van der Waals surface area contributed by atoms with Gasteiger partial charge in [-0.15, -0.1) is 0 Å². The molecule has 2 aromatic rings. The summed E-state index contributed by atoms with van der Waals surface area (Å²) in [5, 5.41) is 1.17. The number of aromatic nitrogens is 1. The van der Waals surface area contributed by atoms with Crippen LogP contribution in [-0.4, -0.2) is 44.3 Å². The van der Waals surface area contributed by atoms with Gasteiger partial charge in [0, 0.05) is 40.8 Å². The van der Waals surface area contributed by atoms with Crippen LogP contribution in [0, 0.1) is 11.8 Å². The van der Waals surface area contributed by atoms with Crippen molar-refractivity contribution in [1.82, 2.24) is 4.98 Å². The Morgan fingerprint density at radius 1 is 1.23 bits per heavy atom. The molecule has 1 fully saturated rings. The summed E-state index contributed by atoms with van der Waals surface area (Å²) in [6, 6.07) is 8.49. The zero-order chi connectivity index (χ0) is 21.5. The van der Waals surface area contributed by atoms with Crippen LogP contribution in [0.2, 0.25) is 0 Å². The smallest absolute Gasteiger partial charge is 0.337 e. The van der Waals surface area contributed by atoms with E-state index in [9.17, 15) is 9.59 Å². The van der Waals surface area contributed by atoms with Crippen LogP contribution in [0.3, 0.4) is 0 Å². The third-order valence-corrected chi connectivity index (χ3v) is 6.94. The summed E-state index contributed by atoms with van der Waals surface area (Å²) >= 11 is 0. The minimum atomic E-state index is -0.305. The third-order valence-electron chi connectivity index (χ3n) is 6.94. The van der Waals surface area contributed by atoms with Crippen molar-refractivity contribution in [3.8, 4) is 0 Å². The van der Waals surface area contributed by atoms with Crippen LogP contribution in [0.1, 0.15) is 36.6 Å². The maximum atomic E-state index is 12.4. The second kappa shape index (κ2) is 7.89. The molecule has 0 aliphatic carbocycles. The molecule has 0 radical (unpaired) electrons. The zero-order valence-electron chi connectivity index (χ0n) is 17.8. The van der Waals surface area contributed by atoms with E-state index in [1.807, 2.05) is 12.1 Å². The fraction of sp³-hybridized carbons (Fsp3) is 0.417. The van der Waals surface area contributed by atoms with Gasteiger partial charge in [0.2, 0.25) is 0 Å². The number of quaternary nitrogens is 1. The van der Waals surface area contributed by atoms with E-state index in [0.717, 1.165) is 18.5 Å². The van der Waals surface area contributed by atoms with Crippen molar-refractivity contribution in [3.05, 3.63) is 53.6 Å². The molecule has 0 saturated carbocycles. The van der Waals surface area contributed by atoms with E-state index >= 15 is 0 Å². The molecule has 1 aromatic heterocycles. The topological polar surface area (TPSA) is 82.1 Å². The Labute approximate surface area is 180 Å². The van der Waals surface area contributed by atoms with Gasteiger partial charge >= 0.3 is 11.9 Å². The quantitative estimate of drug-likeness (QED) is 0.737. The van der Waals surface area contributed by atoms with E-state index in [4.69, 9.17) is 14.2 Å². The Balaban J connectivity index is 1.55. The van der Waals surface area contributed by atoms with Gasteiger partial charge in [0.05, 0.1) is 57.0 Å². The number of para-hydroxylation sites is 1. The number of methoxy groups -OCH3 is 2. The zero-order valence-corrected chi connectivity index (χ0v) is 17.8. The van der Waals surface area contributed by atoms with Crippen LogP contribution in [0.25, 0.3) is 16.5 Å². The van der Waals surface area contributed by atoms with Crippen LogP contribution >= 0.6 is 0 Å². The number of ether oxygens (including phenoxy) is 3. The number of allylic oxidation sites excluding steroid dienone is 1. The number of benzene rings is 1. The highest BCUT2D eigenvalue weighted by Crippen LogP contribution is 2.42. The van der Waals surface area contributed by atoms with Crippen molar-refractivity contribution in [2.45, 2.75) is 25.3 Å².